The molecule has 1 aromatic heterocycles. The third-order valence-corrected chi connectivity index (χ3v) is 4.30. The van der Waals surface area contributed by atoms with E-state index in [0.29, 0.717) is 5.69 Å². The number of nitrogens with one attached hydrogen (secondary N) is 2. The predicted octanol–water partition coefficient (Wildman–Crippen LogP) is 2.85. The van der Waals surface area contributed by atoms with Crippen LogP contribution < -0.4 is 10.6 Å². The number of aromatic nitrogens is 1. The molecule has 2 rings (SSSR count). The highest BCUT2D eigenvalue weighted by atomic mass is 16.6. The summed E-state index contributed by atoms with van der Waals surface area (Å²) in [5.74, 6) is -1.27. The summed E-state index contributed by atoms with van der Waals surface area (Å²) in [6.07, 6.45) is 4.25. The number of nitrogens with zero attached hydrogens (tertiary/aromatic N) is 2. The van der Waals surface area contributed by atoms with E-state index in [9.17, 15) is 19.7 Å². The number of carbonyl (C=O) groups is 2. The molecule has 0 fully saturated rings. The molecule has 0 saturated heterocycles. The Bertz CT molecular complexity index is 1000. The van der Waals surface area contributed by atoms with Crippen molar-refractivity contribution >= 4 is 23.2 Å². The first-order valence-corrected chi connectivity index (χ1v) is 9.71. The fourth-order valence-corrected chi connectivity index (χ4v) is 2.58. The fraction of sp³-hybridized carbons (Fsp3) is 0.227. The molecule has 0 aliphatic heterocycles. The van der Waals surface area contributed by atoms with E-state index in [1.807, 2.05) is 6.92 Å². The van der Waals surface area contributed by atoms with E-state index in [0.717, 1.165) is 5.56 Å². The number of non-ortho nitro benzene ring substituents is 1. The molecule has 0 bridgehead atoms. The van der Waals surface area contributed by atoms with Crippen LogP contribution in [0, 0.1) is 10.1 Å². The summed E-state index contributed by atoms with van der Waals surface area (Å²) in [6.45, 7) is 3.68. The maximum absolute atomic E-state index is 12.4. The van der Waals surface area contributed by atoms with Crippen LogP contribution in [0.4, 0.5) is 5.69 Å². The topological polar surface area (TPSA) is 133 Å². The van der Waals surface area contributed by atoms with Crippen LogP contribution in [0.3, 0.4) is 0 Å². The van der Waals surface area contributed by atoms with Crippen LogP contribution in [-0.2, 0) is 19.1 Å². The van der Waals surface area contributed by atoms with Crippen molar-refractivity contribution in [1.29, 1.82) is 0 Å². The van der Waals surface area contributed by atoms with E-state index in [1.165, 1.54) is 37.8 Å². The van der Waals surface area contributed by atoms with Gasteiger partial charge in [0.1, 0.15) is 11.3 Å². The third kappa shape index (κ3) is 6.66. The molecule has 1 heterocycles. The number of ether oxygens (including phenoxy) is 2. The quantitative estimate of drug-likeness (QED) is 0.248. The minimum absolute atomic E-state index is 0.0143. The van der Waals surface area contributed by atoms with Gasteiger partial charge in [-0.3, -0.25) is 15.1 Å². The molecule has 0 aliphatic carbocycles. The largest absolute Gasteiger partial charge is 0.464 e. The number of rotatable bonds is 10. The smallest absolute Gasteiger partial charge is 0.355 e. The molecule has 10 heteroatoms. The van der Waals surface area contributed by atoms with Gasteiger partial charge in [0.2, 0.25) is 0 Å². The van der Waals surface area contributed by atoms with Gasteiger partial charge in [-0.25, -0.2) is 9.59 Å². The van der Waals surface area contributed by atoms with E-state index < -0.39 is 16.9 Å². The van der Waals surface area contributed by atoms with Crippen LogP contribution in [0.15, 0.2) is 66.8 Å². The number of methoxy groups -OCH3 is 1. The number of pyridine rings is 1. The van der Waals surface area contributed by atoms with E-state index in [2.05, 4.69) is 15.6 Å². The molecule has 1 aromatic carbocycles. The number of nitro groups is 1. The highest BCUT2D eigenvalue weighted by molar-refractivity contribution is 6.15. The normalized spacial score (nSPS) is 12.5. The Morgan fingerprint density at radius 2 is 1.88 bits per heavy atom. The summed E-state index contributed by atoms with van der Waals surface area (Å²) >= 11 is 0. The van der Waals surface area contributed by atoms with E-state index in [4.69, 9.17) is 9.47 Å². The van der Waals surface area contributed by atoms with Crippen molar-refractivity contribution in [3.05, 3.63) is 88.1 Å². The van der Waals surface area contributed by atoms with Gasteiger partial charge in [0, 0.05) is 36.8 Å². The minimum Gasteiger partial charge on any atom is -0.464 e. The molecule has 32 heavy (non-hydrogen) atoms. The summed E-state index contributed by atoms with van der Waals surface area (Å²) in [5, 5.41) is 16.6. The zero-order chi connectivity index (χ0) is 23.5. The van der Waals surface area contributed by atoms with Gasteiger partial charge in [-0.1, -0.05) is 18.2 Å². The lowest BCUT2D eigenvalue weighted by Gasteiger charge is -2.14. The zero-order valence-corrected chi connectivity index (χ0v) is 17.9. The number of benzene rings is 1. The monoisotopic (exact) mass is 440 g/mol. The number of esters is 2. The van der Waals surface area contributed by atoms with Crippen molar-refractivity contribution in [2.75, 3.05) is 13.7 Å². The van der Waals surface area contributed by atoms with Gasteiger partial charge >= 0.3 is 11.9 Å². The second kappa shape index (κ2) is 11.8. The van der Waals surface area contributed by atoms with E-state index in [-0.39, 0.29) is 29.6 Å². The first-order valence-electron chi connectivity index (χ1n) is 9.71. The van der Waals surface area contributed by atoms with Crippen molar-refractivity contribution in [1.82, 2.24) is 15.6 Å². The predicted molar refractivity (Wildman–Crippen MR) is 117 cm³/mol. The Morgan fingerprint density at radius 1 is 1.16 bits per heavy atom. The number of hydrogen-bond donors (Lipinski definition) is 2. The fourth-order valence-electron chi connectivity index (χ4n) is 2.58. The van der Waals surface area contributed by atoms with Crippen molar-refractivity contribution in [3.8, 4) is 0 Å². The van der Waals surface area contributed by atoms with Crippen LogP contribution in [0.25, 0.3) is 5.57 Å². The molecular weight excluding hydrogens is 416 g/mol. The molecule has 2 aromatic rings. The van der Waals surface area contributed by atoms with Crippen molar-refractivity contribution in [3.63, 3.8) is 0 Å². The Morgan fingerprint density at radius 3 is 2.44 bits per heavy atom. The average Bonchev–Trinajstić information content (AvgIpc) is 2.81. The van der Waals surface area contributed by atoms with Crippen molar-refractivity contribution in [2.45, 2.75) is 19.9 Å². The third-order valence-electron chi connectivity index (χ3n) is 4.30. The summed E-state index contributed by atoms with van der Waals surface area (Å²) in [6, 6.07) is 10.8. The number of hydrogen-bond acceptors (Lipinski definition) is 9. The number of nitro benzene ring substituents is 1. The van der Waals surface area contributed by atoms with Crippen molar-refractivity contribution < 1.29 is 24.0 Å². The molecule has 0 saturated carbocycles. The summed E-state index contributed by atoms with van der Waals surface area (Å²) < 4.78 is 9.87. The van der Waals surface area contributed by atoms with Crippen LogP contribution in [-0.4, -0.2) is 35.6 Å². The maximum atomic E-state index is 12.4. The number of carbonyl (C=O) groups excluding carboxylic acids is 2. The lowest BCUT2D eigenvalue weighted by Crippen LogP contribution is -2.23. The molecule has 1 unspecified atom stereocenters. The first kappa shape index (κ1) is 24.1. The lowest BCUT2D eigenvalue weighted by atomic mass is 10.1. The molecule has 10 nitrogen and oxygen atoms in total. The second-order valence-electron chi connectivity index (χ2n) is 6.42. The second-order valence-corrected chi connectivity index (χ2v) is 6.42. The highest BCUT2D eigenvalue weighted by Gasteiger charge is 2.16. The van der Waals surface area contributed by atoms with Gasteiger partial charge in [-0.05, 0) is 31.5 Å². The van der Waals surface area contributed by atoms with Gasteiger partial charge in [0.25, 0.3) is 5.69 Å². The standard InChI is InChI=1S/C22H24N4O6/c1-4-32-21(27)18(19-7-5-6-12-23-19)13-25-20(22(28)31-3)14-24-15(2)16-8-10-17(11-9-16)26(29)30/h5-15,24-25H,4H2,1-3H3/b18-13+,20-14+. The zero-order valence-electron chi connectivity index (χ0n) is 17.9. The van der Waals surface area contributed by atoms with Crippen LogP contribution in [0.5, 0.6) is 0 Å². The Hall–Kier alpha value is -4.21. The highest BCUT2D eigenvalue weighted by Crippen LogP contribution is 2.18. The maximum Gasteiger partial charge on any atom is 0.355 e. The molecule has 0 amide bonds. The van der Waals surface area contributed by atoms with Gasteiger partial charge in [-0.2, -0.15) is 0 Å². The van der Waals surface area contributed by atoms with Gasteiger partial charge in [0.15, 0.2) is 0 Å². The average molecular weight is 440 g/mol. The Balaban J connectivity index is 2.24. The minimum atomic E-state index is -0.672. The molecular formula is C22H24N4O6. The first-order chi connectivity index (χ1) is 15.4. The lowest BCUT2D eigenvalue weighted by molar-refractivity contribution is -0.384. The SMILES string of the molecule is CCOC(=O)/C(=C/N/C(=C/NC(C)c1ccc([N+](=O)[O-])cc1)C(=O)OC)c1ccccn1. The summed E-state index contributed by atoms with van der Waals surface area (Å²) in [4.78, 5) is 39.0. The van der Waals surface area contributed by atoms with E-state index >= 15 is 0 Å². The molecule has 2 N–H and O–H groups in total. The Kier molecular flexibility index (Phi) is 8.91. The molecule has 0 aliphatic rings. The Labute approximate surface area is 185 Å². The van der Waals surface area contributed by atoms with Crippen molar-refractivity contribution in [2.24, 2.45) is 0 Å². The molecule has 168 valence electrons. The summed E-state index contributed by atoms with van der Waals surface area (Å²) in [5.41, 5.74) is 1.28. The summed E-state index contributed by atoms with van der Waals surface area (Å²) in [7, 11) is 1.23. The van der Waals surface area contributed by atoms with Gasteiger partial charge in [-0.15, -0.1) is 0 Å². The molecule has 0 spiro atoms. The van der Waals surface area contributed by atoms with Crippen LogP contribution >= 0.6 is 0 Å². The van der Waals surface area contributed by atoms with Gasteiger partial charge < -0.3 is 20.1 Å². The van der Waals surface area contributed by atoms with Crippen LogP contribution in [0.1, 0.15) is 31.1 Å². The van der Waals surface area contributed by atoms with Gasteiger partial charge in [0.05, 0.1) is 24.3 Å². The molecule has 1 atom stereocenters. The van der Waals surface area contributed by atoms with E-state index in [1.54, 1.807) is 37.3 Å². The molecule has 0 radical (unpaired) electrons. The van der Waals surface area contributed by atoms with Crippen LogP contribution in [0.2, 0.25) is 0 Å².